The lowest BCUT2D eigenvalue weighted by atomic mass is 10.1. The number of rotatable bonds is 7. The molecule has 1 aliphatic carbocycles. The van der Waals surface area contributed by atoms with Crippen molar-refractivity contribution in [2.45, 2.75) is 25.8 Å². The molecule has 1 heterocycles. The molecule has 110 valence electrons. The maximum Gasteiger partial charge on any atom is 0.257 e. The van der Waals surface area contributed by atoms with E-state index in [1.54, 1.807) is 26.4 Å². The summed E-state index contributed by atoms with van der Waals surface area (Å²) in [5, 5.41) is 2.98. The van der Waals surface area contributed by atoms with Gasteiger partial charge in [0.25, 0.3) is 5.91 Å². The molecule has 0 spiro atoms. The van der Waals surface area contributed by atoms with Gasteiger partial charge >= 0.3 is 0 Å². The minimum Gasteiger partial charge on any atom is -0.383 e. The number of pyridine rings is 1. The number of anilines is 1. The molecule has 20 heavy (non-hydrogen) atoms. The number of nitrogens with one attached hydrogen (secondary N) is 1. The average Bonchev–Trinajstić information content (AvgIpc) is 3.31. The van der Waals surface area contributed by atoms with Crippen molar-refractivity contribution in [2.75, 3.05) is 32.6 Å². The van der Waals surface area contributed by atoms with Crippen molar-refractivity contribution in [3.63, 3.8) is 0 Å². The lowest BCUT2D eigenvalue weighted by Crippen LogP contribution is -2.42. The van der Waals surface area contributed by atoms with Crippen LogP contribution in [-0.4, -0.2) is 49.1 Å². The molecule has 5 nitrogen and oxygen atoms in total. The van der Waals surface area contributed by atoms with Crippen molar-refractivity contribution in [3.05, 3.63) is 23.9 Å². The maximum atomic E-state index is 12.8. The minimum absolute atomic E-state index is 0.0268. The molecule has 2 rings (SSSR count). The van der Waals surface area contributed by atoms with Gasteiger partial charge < -0.3 is 15.0 Å². The SMILES string of the molecule is CNc1ncccc1C(=O)N(CCOC)C(C)C1CC1. The van der Waals surface area contributed by atoms with Gasteiger partial charge in [-0.05, 0) is 37.8 Å². The molecule has 1 N–H and O–H groups in total. The highest BCUT2D eigenvalue weighted by atomic mass is 16.5. The van der Waals surface area contributed by atoms with Crippen LogP contribution in [-0.2, 0) is 4.74 Å². The number of carbonyl (C=O) groups excluding carboxylic acids is 1. The van der Waals surface area contributed by atoms with Crippen molar-refractivity contribution in [2.24, 2.45) is 5.92 Å². The van der Waals surface area contributed by atoms with E-state index < -0.39 is 0 Å². The van der Waals surface area contributed by atoms with E-state index in [2.05, 4.69) is 17.2 Å². The molecule has 1 amide bonds. The summed E-state index contributed by atoms with van der Waals surface area (Å²) in [4.78, 5) is 18.9. The molecule has 0 aromatic carbocycles. The number of hydrogen-bond donors (Lipinski definition) is 1. The molecular weight excluding hydrogens is 254 g/mol. The van der Waals surface area contributed by atoms with Crippen molar-refractivity contribution >= 4 is 11.7 Å². The van der Waals surface area contributed by atoms with Crippen LogP contribution in [0.2, 0.25) is 0 Å². The van der Waals surface area contributed by atoms with Gasteiger partial charge in [0, 0.05) is 32.9 Å². The first kappa shape index (κ1) is 14.8. The first-order chi connectivity index (χ1) is 9.69. The van der Waals surface area contributed by atoms with Gasteiger partial charge in [-0.3, -0.25) is 4.79 Å². The Bertz CT molecular complexity index is 460. The highest BCUT2D eigenvalue weighted by Crippen LogP contribution is 2.35. The summed E-state index contributed by atoms with van der Waals surface area (Å²) in [7, 11) is 3.44. The van der Waals surface area contributed by atoms with E-state index in [1.807, 2.05) is 11.0 Å². The Kier molecular flexibility index (Phi) is 4.95. The Balaban J connectivity index is 2.20. The van der Waals surface area contributed by atoms with E-state index in [-0.39, 0.29) is 11.9 Å². The highest BCUT2D eigenvalue weighted by molar-refractivity contribution is 5.98. The fourth-order valence-electron chi connectivity index (χ4n) is 2.44. The molecule has 1 aromatic heterocycles. The van der Waals surface area contributed by atoms with Crippen molar-refractivity contribution in [3.8, 4) is 0 Å². The quantitative estimate of drug-likeness (QED) is 0.828. The Hall–Kier alpha value is -1.62. The topological polar surface area (TPSA) is 54.5 Å². The summed E-state index contributed by atoms with van der Waals surface area (Å²) >= 11 is 0. The smallest absolute Gasteiger partial charge is 0.257 e. The van der Waals surface area contributed by atoms with Crippen LogP contribution in [0.15, 0.2) is 18.3 Å². The zero-order chi connectivity index (χ0) is 14.5. The van der Waals surface area contributed by atoms with Crippen LogP contribution in [0.1, 0.15) is 30.1 Å². The Morgan fingerprint density at radius 3 is 2.95 bits per heavy atom. The van der Waals surface area contributed by atoms with E-state index in [1.165, 1.54) is 12.8 Å². The van der Waals surface area contributed by atoms with Gasteiger partial charge in [-0.15, -0.1) is 0 Å². The summed E-state index contributed by atoms with van der Waals surface area (Å²) < 4.78 is 5.14. The second-order valence-corrected chi connectivity index (χ2v) is 5.22. The van der Waals surface area contributed by atoms with Gasteiger partial charge in [0.2, 0.25) is 0 Å². The summed E-state index contributed by atoms with van der Waals surface area (Å²) in [6.07, 6.45) is 4.11. The fourth-order valence-corrected chi connectivity index (χ4v) is 2.44. The molecule has 1 atom stereocenters. The first-order valence-corrected chi connectivity index (χ1v) is 7.11. The van der Waals surface area contributed by atoms with Crippen LogP contribution in [0.3, 0.4) is 0 Å². The van der Waals surface area contributed by atoms with Crippen molar-refractivity contribution < 1.29 is 9.53 Å². The molecule has 0 aliphatic heterocycles. The third-order valence-electron chi connectivity index (χ3n) is 3.87. The molecule has 1 aliphatic rings. The van der Waals surface area contributed by atoms with Crippen LogP contribution in [0, 0.1) is 5.92 Å². The number of hydrogen-bond acceptors (Lipinski definition) is 4. The number of carbonyl (C=O) groups is 1. The van der Waals surface area contributed by atoms with Gasteiger partial charge in [-0.1, -0.05) is 0 Å². The van der Waals surface area contributed by atoms with Crippen LogP contribution in [0.5, 0.6) is 0 Å². The third-order valence-corrected chi connectivity index (χ3v) is 3.87. The zero-order valence-electron chi connectivity index (χ0n) is 12.4. The third kappa shape index (κ3) is 3.28. The lowest BCUT2D eigenvalue weighted by molar-refractivity contribution is 0.0595. The van der Waals surface area contributed by atoms with E-state index in [0.717, 1.165) is 0 Å². The predicted molar refractivity (Wildman–Crippen MR) is 78.9 cm³/mol. The summed E-state index contributed by atoms with van der Waals surface area (Å²) in [5.74, 6) is 1.28. The Labute approximate surface area is 120 Å². The van der Waals surface area contributed by atoms with Gasteiger partial charge in [0.05, 0.1) is 12.2 Å². The molecule has 5 heteroatoms. The molecule has 1 aromatic rings. The second kappa shape index (κ2) is 6.70. The van der Waals surface area contributed by atoms with E-state index in [9.17, 15) is 4.79 Å². The van der Waals surface area contributed by atoms with Crippen LogP contribution < -0.4 is 5.32 Å². The normalized spacial score (nSPS) is 15.8. The number of aromatic nitrogens is 1. The van der Waals surface area contributed by atoms with Crippen LogP contribution >= 0.6 is 0 Å². The standard InChI is InChI=1S/C15H23N3O2/c1-11(12-6-7-12)18(9-10-20-3)15(19)13-5-4-8-17-14(13)16-2/h4-5,8,11-12H,6-7,9-10H2,1-3H3,(H,16,17). The summed E-state index contributed by atoms with van der Waals surface area (Å²) in [6.45, 7) is 3.30. The van der Waals surface area contributed by atoms with Crippen LogP contribution in [0.25, 0.3) is 0 Å². The average molecular weight is 277 g/mol. The Morgan fingerprint density at radius 1 is 1.60 bits per heavy atom. The largest absolute Gasteiger partial charge is 0.383 e. The second-order valence-electron chi connectivity index (χ2n) is 5.22. The summed E-state index contributed by atoms with van der Waals surface area (Å²) in [6, 6.07) is 3.87. The molecule has 1 unspecified atom stereocenters. The highest BCUT2D eigenvalue weighted by Gasteiger charge is 2.35. The van der Waals surface area contributed by atoms with Gasteiger partial charge in [0.1, 0.15) is 5.82 Å². The molecule has 0 radical (unpaired) electrons. The Morgan fingerprint density at radius 2 is 2.35 bits per heavy atom. The maximum absolute atomic E-state index is 12.8. The molecule has 0 saturated heterocycles. The number of ether oxygens (including phenoxy) is 1. The zero-order valence-corrected chi connectivity index (χ0v) is 12.4. The van der Waals surface area contributed by atoms with E-state index >= 15 is 0 Å². The number of nitrogens with zero attached hydrogens (tertiary/aromatic N) is 2. The minimum atomic E-state index is 0.0268. The lowest BCUT2D eigenvalue weighted by Gasteiger charge is -2.29. The number of amides is 1. The molecule has 1 saturated carbocycles. The van der Waals surface area contributed by atoms with E-state index in [0.29, 0.717) is 30.5 Å². The van der Waals surface area contributed by atoms with Crippen molar-refractivity contribution in [1.82, 2.24) is 9.88 Å². The van der Waals surface area contributed by atoms with Gasteiger partial charge in [-0.2, -0.15) is 0 Å². The molecule has 1 fully saturated rings. The first-order valence-electron chi connectivity index (χ1n) is 7.11. The monoisotopic (exact) mass is 277 g/mol. The van der Waals surface area contributed by atoms with E-state index in [4.69, 9.17) is 4.74 Å². The van der Waals surface area contributed by atoms with Gasteiger partial charge in [0.15, 0.2) is 0 Å². The summed E-state index contributed by atoms with van der Waals surface area (Å²) in [5.41, 5.74) is 0.624. The molecule has 0 bridgehead atoms. The number of methoxy groups -OCH3 is 1. The predicted octanol–water partition coefficient (Wildman–Crippen LogP) is 2.01. The van der Waals surface area contributed by atoms with Crippen LogP contribution in [0.4, 0.5) is 5.82 Å². The van der Waals surface area contributed by atoms with Crippen molar-refractivity contribution in [1.29, 1.82) is 0 Å². The molecular formula is C15H23N3O2. The fraction of sp³-hybridized carbons (Fsp3) is 0.600. The van der Waals surface area contributed by atoms with Gasteiger partial charge in [-0.25, -0.2) is 4.98 Å².